The molecule has 0 unspecified atom stereocenters. The molecule has 0 aliphatic carbocycles. The number of urea groups is 1. The van der Waals surface area contributed by atoms with Crippen LogP contribution in [0.2, 0.25) is 0 Å². The smallest absolute Gasteiger partial charge is 0.319 e. The molecule has 0 radical (unpaired) electrons. The summed E-state index contributed by atoms with van der Waals surface area (Å²) in [5.41, 5.74) is 1.57. The molecule has 3 aromatic rings. The quantitative estimate of drug-likeness (QED) is 0.429. The first-order valence-electron chi connectivity index (χ1n) is 8.66. The summed E-state index contributed by atoms with van der Waals surface area (Å²) in [5.74, 6) is 0.166. The van der Waals surface area contributed by atoms with Crippen molar-refractivity contribution in [2.24, 2.45) is 0 Å². The maximum Gasteiger partial charge on any atom is 0.319 e. The maximum absolute atomic E-state index is 12.3. The van der Waals surface area contributed by atoms with Crippen molar-refractivity contribution in [2.45, 2.75) is 13.5 Å². The Bertz CT molecular complexity index is 1030. The van der Waals surface area contributed by atoms with Crippen LogP contribution in [0.5, 0.6) is 0 Å². The number of carbonyl (C=O) groups excluding carboxylic acids is 2. The van der Waals surface area contributed by atoms with E-state index in [9.17, 15) is 19.7 Å². The third-order valence-corrected chi connectivity index (χ3v) is 4.07. The molecule has 3 rings (SSSR count). The van der Waals surface area contributed by atoms with Crippen molar-refractivity contribution in [3.8, 4) is 0 Å². The summed E-state index contributed by atoms with van der Waals surface area (Å²) in [6.45, 7) is 1.87. The number of hydrogen-bond donors (Lipinski definition) is 3. The highest BCUT2D eigenvalue weighted by Crippen LogP contribution is 2.20. The Kier molecular flexibility index (Phi) is 5.88. The third-order valence-electron chi connectivity index (χ3n) is 4.07. The summed E-state index contributed by atoms with van der Waals surface area (Å²) in [4.78, 5) is 34.7. The zero-order valence-electron chi connectivity index (χ0n) is 15.5. The van der Waals surface area contributed by atoms with Crippen molar-refractivity contribution in [1.29, 1.82) is 0 Å². The fraction of sp³-hybridized carbons (Fsp3) is 0.100. The number of hydrogen-bond acceptors (Lipinski definition) is 5. The first-order chi connectivity index (χ1) is 13.9. The molecule has 0 bridgehead atoms. The summed E-state index contributed by atoms with van der Waals surface area (Å²) in [6.07, 6.45) is 1.52. The summed E-state index contributed by atoms with van der Waals surface area (Å²) in [6, 6.07) is 13.9. The van der Waals surface area contributed by atoms with Crippen LogP contribution >= 0.6 is 0 Å². The molecule has 9 nitrogen and oxygen atoms in total. The molecular weight excluding hydrogens is 376 g/mol. The van der Waals surface area contributed by atoms with Crippen molar-refractivity contribution in [3.05, 3.63) is 87.9 Å². The van der Waals surface area contributed by atoms with Crippen LogP contribution in [0.3, 0.4) is 0 Å². The summed E-state index contributed by atoms with van der Waals surface area (Å²) < 4.78 is 5.13. The van der Waals surface area contributed by atoms with Gasteiger partial charge in [0.05, 0.1) is 17.7 Å². The van der Waals surface area contributed by atoms with Crippen LogP contribution in [0, 0.1) is 17.0 Å². The minimum atomic E-state index is -0.524. The minimum absolute atomic E-state index is 0.113. The lowest BCUT2D eigenvalue weighted by atomic mass is 10.1. The summed E-state index contributed by atoms with van der Waals surface area (Å²) in [7, 11) is 0. The third kappa shape index (κ3) is 5.19. The standard InChI is InChI=1S/C20H18N4O5/c1-13-4-5-14(11-18(13)24(27)28)19(25)22-15-6-8-16(9-7-15)23-20(26)21-12-17-3-2-10-29-17/h2-11H,12H2,1H3,(H,22,25)(H2,21,23,26). The molecule has 3 N–H and O–H groups in total. The fourth-order valence-electron chi connectivity index (χ4n) is 2.54. The van der Waals surface area contributed by atoms with Gasteiger partial charge in [-0.25, -0.2) is 4.79 Å². The molecule has 9 heteroatoms. The van der Waals surface area contributed by atoms with Gasteiger partial charge in [-0.05, 0) is 49.4 Å². The van der Waals surface area contributed by atoms with Gasteiger partial charge in [-0.3, -0.25) is 14.9 Å². The van der Waals surface area contributed by atoms with Crippen LogP contribution in [0.25, 0.3) is 0 Å². The number of nitro benzene ring substituents is 1. The van der Waals surface area contributed by atoms with Crippen LogP contribution < -0.4 is 16.0 Å². The molecule has 0 atom stereocenters. The van der Waals surface area contributed by atoms with Crippen molar-refractivity contribution in [2.75, 3.05) is 10.6 Å². The van der Waals surface area contributed by atoms with E-state index in [4.69, 9.17) is 4.42 Å². The number of aryl methyl sites for hydroxylation is 1. The molecular formula is C20H18N4O5. The van der Waals surface area contributed by atoms with Gasteiger partial charge in [0.2, 0.25) is 0 Å². The number of nitrogens with one attached hydrogen (secondary N) is 3. The molecule has 0 aliphatic heterocycles. The Labute approximate surface area is 165 Å². The fourth-order valence-corrected chi connectivity index (χ4v) is 2.54. The van der Waals surface area contributed by atoms with Gasteiger partial charge in [0.25, 0.3) is 11.6 Å². The summed E-state index contributed by atoms with van der Waals surface area (Å²) >= 11 is 0. The largest absolute Gasteiger partial charge is 0.467 e. The number of nitro groups is 1. The second kappa shape index (κ2) is 8.70. The van der Waals surface area contributed by atoms with Gasteiger partial charge in [-0.2, -0.15) is 0 Å². The number of carbonyl (C=O) groups is 2. The van der Waals surface area contributed by atoms with Gasteiger partial charge < -0.3 is 20.4 Å². The normalized spacial score (nSPS) is 10.2. The first-order valence-corrected chi connectivity index (χ1v) is 8.66. The molecule has 0 aliphatic rings. The lowest BCUT2D eigenvalue weighted by Crippen LogP contribution is -2.27. The van der Waals surface area contributed by atoms with E-state index in [1.807, 2.05) is 0 Å². The van der Waals surface area contributed by atoms with Crippen molar-refractivity contribution in [3.63, 3.8) is 0 Å². The van der Waals surface area contributed by atoms with E-state index in [2.05, 4.69) is 16.0 Å². The number of furan rings is 1. The van der Waals surface area contributed by atoms with Crippen LogP contribution in [0.4, 0.5) is 21.9 Å². The average Bonchev–Trinajstić information content (AvgIpc) is 3.21. The van der Waals surface area contributed by atoms with Gasteiger partial charge >= 0.3 is 6.03 Å². The second-order valence-corrected chi connectivity index (χ2v) is 6.18. The number of rotatable bonds is 6. The van der Waals surface area contributed by atoms with Crippen molar-refractivity contribution in [1.82, 2.24) is 5.32 Å². The topological polar surface area (TPSA) is 127 Å². The Morgan fingerprint density at radius 2 is 1.72 bits per heavy atom. The van der Waals surface area contributed by atoms with Crippen molar-refractivity contribution < 1.29 is 18.9 Å². The first kappa shape index (κ1) is 19.6. The average molecular weight is 394 g/mol. The number of anilines is 2. The van der Waals surface area contributed by atoms with Gasteiger partial charge in [0.1, 0.15) is 5.76 Å². The van der Waals surface area contributed by atoms with Crippen LogP contribution in [0.15, 0.2) is 65.3 Å². The molecule has 0 fully saturated rings. The molecule has 1 heterocycles. The monoisotopic (exact) mass is 394 g/mol. The minimum Gasteiger partial charge on any atom is -0.467 e. The lowest BCUT2D eigenvalue weighted by molar-refractivity contribution is -0.385. The van der Waals surface area contributed by atoms with E-state index in [0.717, 1.165) is 0 Å². The maximum atomic E-state index is 12.3. The predicted molar refractivity (Wildman–Crippen MR) is 107 cm³/mol. The number of benzene rings is 2. The highest BCUT2D eigenvalue weighted by molar-refractivity contribution is 6.04. The molecule has 1 aromatic heterocycles. The molecule has 0 saturated carbocycles. The van der Waals surface area contributed by atoms with Crippen molar-refractivity contribution >= 4 is 29.0 Å². The van der Waals surface area contributed by atoms with E-state index in [1.54, 1.807) is 43.3 Å². The molecule has 0 spiro atoms. The Morgan fingerprint density at radius 1 is 1.03 bits per heavy atom. The van der Waals surface area contributed by atoms with E-state index in [1.165, 1.54) is 24.5 Å². The van der Waals surface area contributed by atoms with Crippen LogP contribution in [-0.4, -0.2) is 16.9 Å². The highest BCUT2D eigenvalue weighted by atomic mass is 16.6. The molecule has 3 amide bonds. The van der Waals surface area contributed by atoms with Crippen LogP contribution in [-0.2, 0) is 6.54 Å². The van der Waals surface area contributed by atoms with Gasteiger partial charge in [0.15, 0.2) is 0 Å². The zero-order chi connectivity index (χ0) is 20.8. The SMILES string of the molecule is Cc1ccc(C(=O)Nc2ccc(NC(=O)NCc3ccco3)cc2)cc1[N+](=O)[O-]. The molecule has 0 saturated heterocycles. The predicted octanol–water partition coefficient (Wildman–Crippen LogP) is 4.07. The molecule has 29 heavy (non-hydrogen) atoms. The number of nitrogens with zero attached hydrogens (tertiary/aromatic N) is 1. The molecule has 148 valence electrons. The zero-order valence-corrected chi connectivity index (χ0v) is 15.5. The van der Waals surface area contributed by atoms with E-state index in [0.29, 0.717) is 22.7 Å². The Balaban J connectivity index is 1.57. The lowest BCUT2D eigenvalue weighted by Gasteiger charge is -2.09. The Hall–Kier alpha value is -4.14. The van der Waals surface area contributed by atoms with Gasteiger partial charge in [-0.15, -0.1) is 0 Å². The van der Waals surface area contributed by atoms with E-state index in [-0.39, 0.29) is 17.8 Å². The summed E-state index contributed by atoms with van der Waals surface area (Å²) in [5, 5.41) is 19.0. The molecule has 2 aromatic carbocycles. The second-order valence-electron chi connectivity index (χ2n) is 6.18. The van der Waals surface area contributed by atoms with Crippen LogP contribution in [0.1, 0.15) is 21.7 Å². The van der Waals surface area contributed by atoms with Gasteiger partial charge in [0, 0.05) is 28.6 Å². The number of amides is 3. The van der Waals surface area contributed by atoms with E-state index < -0.39 is 16.9 Å². The Morgan fingerprint density at radius 3 is 2.34 bits per heavy atom. The highest BCUT2D eigenvalue weighted by Gasteiger charge is 2.15. The van der Waals surface area contributed by atoms with Gasteiger partial charge in [-0.1, -0.05) is 6.07 Å². The van der Waals surface area contributed by atoms with E-state index >= 15 is 0 Å².